The predicted octanol–water partition coefficient (Wildman–Crippen LogP) is 5.68. The predicted molar refractivity (Wildman–Crippen MR) is 118 cm³/mol. The normalized spacial score (nSPS) is 15.0. The SMILES string of the molecule is Cc1ccc(-n2nc(-c3ccccc3Cl)cc2C(=O)N2CCC(C)CC2)c(C)c1. The van der Waals surface area contributed by atoms with Crippen LogP contribution in [0.25, 0.3) is 16.9 Å². The summed E-state index contributed by atoms with van der Waals surface area (Å²) < 4.78 is 1.79. The number of amides is 1. The van der Waals surface area contributed by atoms with Crippen molar-refractivity contribution in [2.45, 2.75) is 33.6 Å². The number of benzene rings is 2. The van der Waals surface area contributed by atoms with Gasteiger partial charge in [0, 0.05) is 18.7 Å². The highest BCUT2D eigenvalue weighted by atomic mass is 35.5. The van der Waals surface area contributed by atoms with E-state index in [2.05, 4.69) is 32.9 Å². The Morgan fingerprint density at radius 3 is 2.48 bits per heavy atom. The smallest absolute Gasteiger partial charge is 0.272 e. The van der Waals surface area contributed by atoms with Crippen LogP contribution in [0.4, 0.5) is 0 Å². The Kier molecular flexibility index (Phi) is 5.46. The molecule has 29 heavy (non-hydrogen) atoms. The first-order chi connectivity index (χ1) is 13.9. The van der Waals surface area contributed by atoms with Crippen molar-refractivity contribution in [1.82, 2.24) is 14.7 Å². The molecule has 4 rings (SSSR count). The number of likely N-dealkylation sites (tertiary alicyclic amines) is 1. The Bertz CT molecular complexity index is 1050. The van der Waals surface area contributed by atoms with Gasteiger partial charge in [0.1, 0.15) is 5.69 Å². The van der Waals surface area contributed by atoms with Crippen LogP contribution in [0.1, 0.15) is 41.4 Å². The van der Waals surface area contributed by atoms with Gasteiger partial charge in [-0.1, -0.05) is 54.4 Å². The molecule has 0 N–H and O–H groups in total. The molecular weight excluding hydrogens is 382 g/mol. The maximum absolute atomic E-state index is 13.4. The second-order valence-corrected chi connectivity index (χ2v) is 8.48. The van der Waals surface area contributed by atoms with Crippen LogP contribution in [0.2, 0.25) is 5.02 Å². The first-order valence-corrected chi connectivity index (χ1v) is 10.5. The highest BCUT2D eigenvalue weighted by Gasteiger charge is 2.26. The van der Waals surface area contributed by atoms with Gasteiger partial charge in [0.15, 0.2) is 0 Å². The van der Waals surface area contributed by atoms with E-state index < -0.39 is 0 Å². The molecule has 150 valence electrons. The van der Waals surface area contributed by atoms with E-state index in [-0.39, 0.29) is 5.91 Å². The van der Waals surface area contributed by atoms with Crippen molar-refractivity contribution >= 4 is 17.5 Å². The number of aromatic nitrogens is 2. The molecule has 3 aromatic rings. The van der Waals surface area contributed by atoms with Crippen molar-refractivity contribution in [1.29, 1.82) is 0 Å². The summed E-state index contributed by atoms with van der Waals surface area (Å²) in [6.45, 7) is 7.95. The fourth-order valence-electron chi connectivity index (χ4n) is 3.93. The van der Waals surface area contributed by atoms with Crippen LogP contribution in [0.5, 0.6) is 0 Å². The van der Waals surface area contributed by atoms with E-state index >= 15 is 0 Å². The lowest BCUT2D eigenvalue weighted by atomic mass is 9.99. The van der Waals surface area contributed by atoms with Crippen molar-refractivity contribution in [2.24, 2.45) is 5.92 Å². The Balaban J connectivity index is 1.82. The second kappa shape index (κ2) is 8.03. The molecule has 4 nitrogen and oxygen atoms in total. The van der Waals surface area contributed by atoms with E-state index in [4.69, 9.17) is 16.7 Å². The number of halogens is 1. The molecule has 1 amide bonds. The Morgan fingerprint density at radius 1 is 1.07 bits per heavy atom. The topological polar surface area (TPSA) is 38.1 Å². The molecule has 1 fully saturated rings. The van der Waals surface area contributed by atoms with Gasteiger partial charge in [-0.3, -0.25) is 4.79 Å². The van der Waals surface area contributed by atoms with E-state index in [0.717, 1.165) is 42.7 Å². The number of hydrogen-bond donors (Lipinski definition) is 0. The lowest BCUT2D eigenvalue weighted by Crippen LogP contribution is -2.38. The van der Waals surface area contributed by atoms with Gasteiger partial charge in [0.2, 0.25) is 0 Å². The minimum absolute atomic E-state index is 0.0303. The third-order valence-electron chi connectivity index (χ3n) is 5.73. The molecule has 1 aliphatic rings. The molecule has 5 heteroatoms. The van der Waals surface area contributed by atoms with Crippen molar-refractivity contribution < 1.29 is 4.79 Å². The molecule has 0 saturated carbocycles. The third-order valence-corrected chi connectivity index (χ3v) is 6.06. The average molecular weight is 408 g/mol. The minimum atomic E-state index is 0.0303. The monoisotopic (exact) mass is 407 g/mol. The quantitative estimate of drug-likeness (QED) is 0.560. The molecule has 2 aromatic carbocycles. The summed E-state index contributed by atoms with van der Waals surface area (Å²) >= 11 is 6.42. The average Bonchev–Trinajstić information content (AvgIpc) is 3.13. The summed E-state index contributed by atoms with van der Waals surface area (Å²) in [5.41, 5.74) is 5.31. The molecule has 0 unspecified atom stereocenters. The molecule has 1 aliphatic heterocycles. The number of carbonyl (C=O) groups is 1. The summed E-state index contributed by atoms with van der Waals surface area (Å²) in [4.78, 5) is 15.4. The second-order valence-electron chi connectivity index (χ2n) is 8.07. The van der Waals surface area contributed by atoms with Gasteiger partial charge in [-0.15, -0.1) is 0 Å². The lowest BCUT2D eigenvalue weighted by molar-refractivity contribution is 0.0688. The molecule has 1 saturated heterocycles. The summed E-state index contributed by atoms with van der Waals surface area (Å²) in [6, 6.07) is 15.7. The van der Waals surface area contributed by atoms with Crippen molar-refractivity contribution in [3.8, 4) is 16.9 Å². The Morgan fingerprint density at radius 2 is 1.79 bits per heavy atom. The molecule has 0 aliphatic carbocycles. The summed E-state index contributed by atoms with van der Waals surface area (Å²) in [6.07, 6.45) is 2.08. The maximum atomic E-state index is 13.4. The number of carbonyl (C=O) groups excluding carboxylic acids is 1. The molecule has 0 radical (unpaired) electrons. The molecule has 0 atom stereocenters. The van der Waals surface area contributed by atoms with Gasteiger partial charge in [-0.05, 0) is 56.4 Å². The van der Waals surface area contributed by atoms with Crippen LogP contribution in [-0.4, -0.2) is 33.7 Å². The number of piperidine rings is 1. The van der Waals surface area contributed by atoms with E-state index in [0.29, 0.717) is 22.3 Å². The van der Waals surface area contributed by atoms with E-state index in [1.165, 1.54) is 5.56 Å². The summed E-state index contributed by atoms with van der Waals surface area (Å²) in [7, 11) is 0. The third kappa shape index (κ3) is 3.95. The molecule has 2 heterocycles. The minimum Gasteiger partial charge on any atom is -0.337 e. The number of aryl methyl sites for hydroxylation is 2. The van der Waals surface area contributed by atoms with Crippen LogP contribution in [0, 0.1) is 19.8 Å². The van der Waals surface area contributed by atoms with Crippen LogP contribution < -0.4 is 0 Å². The van der Waals surface area contributed by atoms with Crippen LogP contribution in [0.3, 0.4) is 0 Å². The zero-order chi connectivity index (χ0) is 20.5. The fourth-order valence-corrected chi connectivity index (χ4v) is 4.17. The number of rotatable bonds is 3. The first kappa shape index (κ1) is 19.7. The number of nitrogens with zero attached hydrogens (tertiary/aromatic N) is 3. The van der Waals surface area contributed by atoms with Crippen molar-refractivity contribution in [3.05, 3.63) is 70.4 Å². The van der Waals surface area contributed by atoms with Crippen molar-refractivity contribution in [3.63, 3.8) is 0 Å². The molecule has 1 aromatic heterocycles. The van der Waals surface area contributed by atoms with Crippen LogP contribution >= 0.6 is 11.6 Å². The van der Waals surface area contributed by atoms with E-state index in [9.17, 15) is 4.79 Å². The lowest BCUT2D eigenvalue weighted by Gasteiger charge is -2.30. The highest BCUT2D eigenvalue weighted by Crippen LogP contribution is 2.30. The van der Waals surface area contributed by atoms with Gasteiger partial charge < -0.3 is 4.90 Å². The maximum Gasteiger partial charge on any atom is 0.272 e. The van der Waals surface area contributed by atoms with E-state index in [1.807, 2.05) is 41.3 Å². The van der Waals surface area contributed by atoms with Gasteiger partial charge in [0.25, 0.3) is 5.91 Å². The fraction of sp³-hybridized carbons (Fsp3) is 0.333. The summed E-state index contributed by atoms with van der Waals surface area (Å²) in [5.74, 6) is 0.699. The number of hydrogen-bond acceptors (Lipinski definition) is 2. The molecule has 0 spiro atoms. The zero-order valence-electron chi connectivity index (χ0n) is 17.2. The van der Waals surface area contributed by atoms with Gasteiger partial charge in [0.05, 0.1) is 16.4 Å². The molecular formula is C24H26ClN3O. The van der Waals surface area contributed by atoms with Crippen LogP contribution in [0.15, 0.2) is 48.5 Å². The van der Waals surface area contributed by atoms with Gasteiger partial charge >= 0.3 is 0 Å². The molecule has 0 bridgehead atoms. The van der Waals surface area contributed by atoms with Crippen molar-refractivity contribution in [2.75, 3.05) is 13.1 Å². The summed E-state index contributed by atoms with van der Waals surface area (Å²) in [5, 5.41) is 5.45. The van der Waals surface area contributed by atoms with Crippen LogP contribution in [-0.2, 0) is 0 Å². The highest BCUT2D eigenvalue weighted by molar-refractivity contribution is 6.33. The van der Waals surface area contributed by atoms with Gasteiger partial charge in [-0.25, -0.2) is 4.68 Å². The Hall–Kier alpha value is -2.59. The largest absolute Gasteiger partial charge is 0.337 e. The Labute approximate surface area is 177 Å². The van der Waals surface area contributed by atoms with E-state index in [1.54, 1.807) is 4.68 Å². The standard InChI is InChI=1S/C24H26ClN3O/c1-16-10-12-27(13-11-16)24(29)23-15-21(19-6-4-5-7-20(19)25)26-28(23)22-9-8-17(2)14-18(22)3/h4-9,14-16H,10-13H2,1-3H3. The first-order valence-electron chi connectivity index (χ1n) is 10.2. The zero-order valence-corrected chi connectivity index (χ0v) is 17.9. The van der Waals surface area contributed by atoms with Gasteiger partial charge in [-0.2, -0.15) is 5.10 Å².